The van der Waals surface area contributed by atoms with Gasteiger partial charge in [0.05, 0.1) is 7.11 Å². The van der Waals surface area contributed by atoms with Crippen molar-refractivity contribution in [3.05, 3.63) is 23.7 Å². The third kappa shape index (κ3) is 2.06. The molecule has 0 aliphatic carbocycles. The first-order chi connectivity index (χ1) is 7.70. The highest BCUT2D eigenvalue weighted by Gasteiger charge is 2.10. The molecule has 7 heteroatoms. The minimum atomic E-state index is 0.260. The van der Waals surface area contributed by atoms with Crippen molar-refractivity contribution in [2.75, 3.05) is 12.4 Å². The van der Waals surface area contributed by atoms with Gasteiger partial charge in [-0.3, -0.25) is 4.68 Å². The highest BCUT2D eigenvalue weighted by atomic mass is 35.5. The van der Waals surface area contributed by atoms with Crippen molar-refractivity contribution in [2.24, 2.45) is 7.05 Å². The lowest BCUT2D eigenvalue weighted by Crippen LogP contribution is -2.00. The summed E-state index contributed by atoms with van der Waals surface area (Å²) in [7, 11) is 3.34. The maximum atomic E-state index is 5.86. The Morgan fingerprint density at radius 3 is 2.88 bits per heavy atom. The largest absolute Gasteiger partial charge is 0.490 e. The van der Waals surface area contributed by atoms with E-state index in [-0.39, 0.29) is 5.15 Å². The molecule has 2 rings (SSSR count). The van der Waals surface area contributed by atoms with Gasteiger partial charge in [0.1, 0.15) is 6.33 Å². The normalized spacial score (nSPS) is 10.2. The topological polar surface area (TPSA) is 64.9 Å². The SMILES string of the molecule is COc1c(Cl)ncnc1Nc1ccn(C)n1. The van der Waals surface area contributed by atoms with Crippen molar-refractivity contribution in [3.63, 3.8) is 0 Å². The van der Waals surface area contributed by atoms with E-state index >= 15 is 0 Å². The van der Waals surface area contributed by atoms with Crippen LogP contribution in [-0.2, 0) is 7.05 Å². The summed E-state index contributed by atoms with van der Waals surface area (Å²) in [5.74, 6) is 1.55. The number of hydrogen-bond donors (Lipinski definition) is 1. The Morgan fingerprint density at radius 1 is 1.44 bits per heavy atom. The van der Waals surface area contributed by atoms with Crippen LogP contribution in [0, 0.1) is 0 Å². The first-order valence-corrected chi connectivity index (χ1v) is 4.89. The van der Waals surface area contributed by atoms with Gasteiger partial charge in [-0.25, -0.2) is 9.97 Å². The fraction of sp³-hybridized carbons (Fsp3) is 0.222. The maximum absolute atomic E-state index is 5.86. The summed E-state index contributed by atoms with van der Waals surface area (Å²) in [6, 6.07) is 1.81. The first kappa shape index (κ1) is 10.7. The summed E-state index contributed by atoms with van der Waals surface area (Å²) < 4.78 is 6.78. The van der Waals surface area contributed by atoms with Crippen molar-refractivity contribution < 1.29 is 4.74 Å². The van der Waals surface area contributed by atoms with E-state index in [1.54, 1.807) is 4.68 Å². The van der Waals surface area contributed by atoms with Gasteiger partial charge in [-0.05, 0) is 0 Å². The minimum absolute atomic E-state index is 0.260. The Morgan fingerprint density at radius 2 is 2.25 bits per heavy atom. The van der Waals surface area contributed by atoms with Gasteiger partial charge in [0.15, 0.2) is 22.5 Å². The van der Waals surface area contributed by atoms with Crippen molar-refractivity contribution in [2.45, 2.75) is 0 Å². The number of nitrogens with one attached hydrogen (secondary N) is 1. The summed E-state index contributed by atoms with van der Waals surface area (Å²) in [4.78, 5) is 7.86. The molecule has 6 nitrogen and oxygen atoms in total. The fourth-order valence-electron chi connectivity index (χ4n) is 1.23. The molecule has 0 unspecified atom stereocenters. The zero-order valence-corrected chi connectivity index (χ0v) is 9.56. The second kappa shape index (κ2) is 4.36. The van der Waals surface area contributed by atoms with Crippen LogP contribution in [0.15, 0.2) is 18.6 Å². The van der Waals surface area contributed by atoms with Gasteiger partial charge in [-0.2, -0.15) is 5.10 Å². The molecule has 0 aromatic carbocycles. The van der Waals surface area contributed by atoms with Crippen LogP contribution >= 0.6 is 11.6 Å². The van der Waals surface area contributed by atoms with Gasteiger partial charge in [0.2, 0.25) is 0 Å². The number of aromatic nitrogens is 4. The molecule has 0 aliphatic heterocycles. The number of hydrogen-bond acceptors (Lipinski definition) is 5. The minimum Gasteiger partial charge on any atom is -0.490 e. The van der Waals surface area contributed by atoms with Crippen LogP contribution in [0.2, 0.25) is 5.15 Å². The quantitative estimate of drug-likeness (QED) is 0.825. The second-order valence-electron chi connectivity index (χ2n) is 3.05. The average molecular weight is 240 g/mol. The lowest BCUT2D eigenvalue weighted by Gasteiger charge is -2.08. The monoisotopic (exact) mass is 239 g/mol. The van der Waals surface area contributed by atoms with Gasteiger partial charge >= 0.3 is 0 Å². The maximum Gasteiger partial charge on any atom is 0.199 e. The number of rotatable bonds is 3. The van der Waals surface area contributed by atoms with Gasteiger partial charge in [-0.15, -0.1) is 0 Å². The van der Waals surface area contributed by atoms with E-state index in [4.69, 9.17) is 16.3 Å². The van der Waals surface area contributed by atoms with Crippen molar-refractivity contribution in [3.8, 4) is 5.75 Å². The molecule has 16 heavy (non-hydrogen) atoms. The standard InChI is InChI=1S/C9H10ClN5O/c1-15-4-3-6(14-15)13-9-7(16-2)8(10)11-5-12-9/h3-5H,1-2H3,(H,11,12,13,14). The summed E-state index contributed by atoms with van der Waals surface area (Å²) in [5, 5.41) is 7.41. The summed E-state index contributed by atoms with van der Waals surface area (Å²) >= 11 is 5.86. The number of ether oxygens (including phenoxy) is 1. The lowest BCUT2D eigenvalue weighted by atomic mass is 10.5. The molecule has 2 aromatic heterocycles. The molecule has 0 amide bonds. The molecule has 1 N–H and O–H groups in total. The van der Waals surface area contributed by atoms with Crippen molar-refractivity contribution in [1.82, 2.24) is 19.7 Å². The number of nitrogens with zero attached hydrogens (tertiary/aromatic N) is 4. The van der Waals surface area contributed by atoms with Crippen LogP contribution in [0.5, 0.6) is 5.75 Å². The smallest absolute Gasteiger partial charge is 0.199 e. The average Bonchev–Trinajstić information content (AvgIpc) is 2.64. The first-order valence-electron chi connectivity index (χ1n) is 4.52. The molecule has 2 aromatic rings. The van der Waals surface area contributed by atoms with Gasteiger partial charge in [0, 0.05) is 19.3 Å². The third-order valence-corrected chi connectivity index (χ3v) is 2.19. The van der Waals surface area contributed by atoms with Crippen LogP contribution in [0.4, 0.5) is 11.6 Å². The molecule has 0 spiro atoms. The Hall–Kier alpha value is -1.82. The van der Waals surface area contributed by atoms with E-state index in [0.29, 0.717) is 17.4 Å². The Bertz CT molecular complexity index is 498. The van der Waals surface area contributed by atoms with Crippen molar-refractivity contribution in [1.29, 1.82) is 0 Å². The molecule has 0 saturated heterocycles. The Labute approximate surface area is 97.2 Å². The number of methoxy groups -OCH3 is 1. The summed E-state index contributed by atoms with van der Waals surface area (Å²) in [5.41, 5.74) is 0. The van der Waals surface area contributed by atoms with E-state index in [0.717, 1.165) is 0 Å². The van der Waals surface area contributed by atoms with Crippen LogP contribution in [0.25, 0.3) is 0 Å². The Kier molecular flexibility index (Phi) is 2.91. The van der Waals surface area contributed by atoms with E-state index in [2.05, 4.69) is 20.4 Å². The molecular weight excluding hydrogens is 230 g/mol. The third-order valence-electron chi connectivity index (χ3n) is 1.92. The van der Waals surface area contributed by atoms with E-state index in [1.807, 2.05) is 19.3 Å². The molecule has 0 saturated carbocycles. The van der Waals surface area contributed by atoms with Gasteiger partial charge < -0.3 is 10.1 Å². The predicted molar refractivity (Wildman–Crippen MR) is 60.1 cm³/mol. The molecule has 0 radical (unpaired) electrons. The molecule has 0 aliphatic rings. The second-order valence-corrected chi connectivity index (χ2v) is 3.40. The number of halogens is 1. The van der Waals surface area contributed by atoms with E-state index in [1.165, 1.54) is 13.4 Å². The summed E-state index contributed by atoms with van der Waals surface area (Å²) in [6.07, 6.45) is 3.17. The highest BCUT2D eigenvalue weighted by molar-refractivity contribution is 6.31. The molecule has 84 valence electrons. The molecular formula is C9H10ClN5O. The molecule has 0 bridgehead atoms. The van der Waals surface area contributed by atoms with Gasteiger partial charge in [0.25, 0.3) is 0 Å². The van der Waals surface area contributed by atoms with Crippen molar-refractivity contribution >= 4 is 23.2 Å². The zero-order chi connectivity index (χ0) is 11.5. The lowest BCUT2D eigenvalue weighted by molar-refractivity contribution is 0.413. The molecule has 0 atom stereocenters. The highest BCUT2D eigenvalue weighted by Crippen LogP contribution is 2.29. The van der Waals surface area contributed by atoms with E-state index < -0.39 is 0 Å². The zero-order valence-electron chi connectivity index (χ0n) is 8.81. The number of aryl methyl sites for hydroxylation is 1. The van der Waals surface area contributed by atoms with Gasteiger partial charge in [-0.1, -0.05) is 11.6 Å². The van der Waals surface area contributed by atoms with Crippen LogP contribution in [-0.4, -0.2) is 26.9 Å². The van der Waals surface area contributed by atoms with Crippen LogP contribution in [0.3, 0.4) is 0 Å². The molecule has 0 fully saturated rings. The van der Waals surface area contributed by atoms with Crippen LogP contribution < -0.4 is 10.1 Å². The predicted octanol–water partition coefficient (Wildman–Crippen LogP) is 1.62. The number of anilines is 2. The van der Waals surface area contributed by atoms with E-state index in [9.17, 15) is 0 Å². The van der Waals surface area contributed by atoms with Crippen LogP contribution in [0.1, 0.15) is 0 Å². The molecule has 2 heterocycles. The summed E-state index contributed by atoms with van der Waals surface area (Å²) in [6.45, 7) is 0. The fourth-order valence-corrected chi connectivity index (χ4v) is 1.44. The Balaban J connectivity index is 2.30.